The maximum absolute atomic E-state index is 12.3. The smallest absolute Gasteiger partial charge is 0.231 e. The fraction of sp³-hybridized carbons (Fsp3) is 0.400. The van der Waals surface area contributed by atoms with Crippen LogP contribution >= 0.6 is 0 Å². The van der Waals surface area contributed by atoms with Gasteiger partial charge in [0.25, 0.3) is 0 Å². The zero-order chi connectivity index (χ0) is 14.1. The van der Waals surface area contributed by atoms with E-state index in [0.717, 1.165) is 17.1 Å². The van der Waals surface area contributed by atoms with E-state index in [2.05, 4.69) is 0 Å². The third-order valence-electron chi connectivity index (χ3n) is 3.67. The number of hydrogen-bond donors (Lipinski definition) is 1. The summed E-state index contributed by atoms with van der Waals surface area (Å²) in [6, 6.07) is 5.75. The van der Waals surface area contributed by atoms with Crippen molar-refractivity contribution < 1.29 is 14.3 Å². The summed E-state index contributed by atoms with van der Waals surface area (Å²) in [7, 11) is 1.81. The molecule has 0 bridgehead atoms. The first-order valence-electron chi connectivity index (χ1n) is 6.71. The van der Waals surface area contributed by atoms with Gasteiger partial charge in [0.15, 0.2) is 11.5 Å². The minimum Gasteiger partial charge on any atom is -0.454 e. The molecule has 0 aromatic heterocycles. The van der Waals surface area contributed by atoms with Crippen LogP contribution in [0.5, 0.6) is 11.5 Å². The molecule has 2 atom stereocenters. The highest BCUT2D eigenvalue weighted by Gasteiger charge is 2.25. The maximum atomic E-state index is 12.3. The van der Waals surface area contributed by atoms with Gasteiger partial charge in [-0.15, -0.1) is 0 Å². The topological polar surface area (TPSA) is 64.8 Å². The standard InChI is InChI=1S/C15H18N2O3/c1-17(15(18)11-3-4-12(16)7-11)8-10-2-5-13-14(6-10)20-9-19-13/h2-6,11-12H,7-9,16H2,1H3. The van der Waals surface area contributed by atoms with Gasteiger partial charge in [-0.05, 0) is 24.1 Å². The molecule has 5 heteroatoms. The van der Waals surface area contributed by atoms with E-state index in [1.54, 1.807) is 4.90 Å². The second kappa shape index (κ2) is 5.17. The largest absolute Gasteiger partial charge is 0.454 e. The number of carbonyl (C=O) groups is 1. The lowest BCUT2D eigenvalue weighted by Crippen LogP contribution is -2.32. The first kappa shape index (κ1) is 13.0. The lowest BCUT2D eigenvalue weighted by molar-refractivity contribution is -0.133. The maximum Gasteiger partial charge on any atom is 0.231 e. The second-order valence-corrected chi connectivity index (χ2v) is 5.27. The van der Waals surface area contributed by atoms with Crippen LogP contribution in [0.4, 0.5) is 0 Å². The SMILES string of the molecule is CN(Cc1ccc2c(c1)OCO2)C(=O)C1C=CC(N)C1. The molecule has 2 aliphatic rings. The van der Waals surface area contributed by atoms with E-state index in [-0.39, 0.29) is 24.7 Å². The van der Waals surface area contributed by atoms with E-state index in [9.17, 15) is 4.79 Å². The summed E-state index contributed by atoms with van der Waals surface area (Å²) in [5.74, 6) is 1.51. The molecule has 0 saturated carbocycles. The van der Waals surface area contributed by atoms with E-state index in [4.69, 9.17) is 15.2 Å². The average molecular weight is 274 g/mol. The Morgan fingerprint density at radius 1 is 1.35 bits per heavy atom. The number of amides is 1. The third-order valence-corrected chi connectivity index (χ3v) is 3.67. The monoisotopic (exact) mass is 274 g/mol. The van der Waals surface area contributed by atoms with Crippen LogP contribution in [-0.2, 0) is 11.3 Å². The van der Waals surface area contributed by atoms with Crippen LogP contribution in [0.3, 0.4) is 0 Å². The van der Waals surface area contributed by atoms with Crippen molar-refractivity contribution in [3.63, 3.8) is 0 Å². The Morgan fingerprint density at radius 3 is 2.90 bits per heavy atom. The van der Waals surface area contributed by atoms with Crippen molar-refractivity contribution in [2.45, 2.75) is 19.0 Å². The van der Waals surface area contributed by atoms with E-state index in [1.807, 2.05) is 37.4 Å². The first-order valence-corrected chi connectivity index (χ1v) is 6.71. The Labute approximate surface area is 118 Å². The van der Waals surface area contributed by atoms with Gasteiger partial charge < -0.3 is 20.1 Å². The molecule has 1 amide bonds. The molecule has 106 valence electrons. The zero-order valence-electron chi connectivity index (χ0n) is 11.4. The van der Waals surface area contributed by atoms with Gasteiger partial charge in [-0.3, -0.25) is 4.79 Å². The van der Waals surface area contributed by atoms with E-state index >= 15 is 0 Å². The molecule has 0 saturated heterocycles. The van der Waals surface area contributed by atoms with Crippen molar-refractivity contribution in [3.05, 3.63) is 35.9 Å². The Bertz CT molecular complexity index is 556. The highest BCUT2D eigenvalue weighted by Crippen LogP contribution is 2.32. The first-order chi connectivity index (χ1) is 9.63. The third kappa shape index (κ3) is 2.49. The summed E-state index contributed by atoms with van der Waals surface area (Å²) in [6.45, 7) is 0.813. The van der Waals surface area contributed by atoms with Crippen LogP contribution in [0.15, 0.2) is 30.4 Å². The van der Waals surface area contributed by atoms with Crippen molar-refractivity contribution in [1.82, 2.24) is 4.90 Å². The summed E-state index contributed by atoms with van der Waals surface area (Å²) in [5.41, 5.74) is 6.81. The fourth-order valence-corrected chi connectivity index (χ4v) is 2.58. The number of fused-ring (bicyclic) bond motifs is 1. The van der Waals surface area contributed by atoms with Crippen LogP contribution in [0.2, 0.25) is 0 Å². The molecule has 1 aromatic carbocycles. The molecular weight excluding hydrogens is 256 g/mol. The summed E-state index contributed by atoms with van der Waals surface area (Å²) in [5, 5.41) is 0. The number of benzene rings is 1. The second-order valence-electron chi connectivity index (χ2n) is 5.27. The van der Waals surface area contributed by atoms with Crippen molar-refractivity contribution >= 4 is 5.91 Å². The summed E-state index contributed by atoms with van der Waals surface area (Å²) < 4.78 is 10.6. The molecule has 20 heavy (non-hydrogen) atoms. The Balaban J connectivity index is 1.65. The molecule has 2 unspecified atom stereocenters. The number of carbonyl (C=O) groups excluding carboxylic acids is 1. The number of ether oxygens (including phenoxy) is 2. The predicted molar refractivity (Wildman–Crippen MR) is 74.3 cm³/mol. The molecule has 1 aliphatic carbocycles. The zero-order valence-corrected chi connectivity index (χ0v) is 11.4. The summed E-state index contributed by atoms with van der Waals surface area (Å²) in [4.78, 5) is 14.0. The molecule has 3 rings (SSSR count). The van der Waals surface area contributed by atoms with Crippen LogP contribution in [0.25, 0.3) is 0 Å². The Kier molecular flexibility index (Phi) is 3.36. The summed E-state index contributed by atoms with van der Waals surface area (Å²) >= 11 is 0. The van der Waals surface area contributed by atoms with E-state index in [0.29, 0.717) is 13.0 Å². The van der Waals surface area contributed by atoms with Crippen molar-refractivity contribution in [2.24, 2.45) is 11.7 Å². The van der Waals surface area contributed by atoms with Gasteiger partial charge in [-0.1, -0.05) is 18.2 Å². The number of nitrogens with zero attached hydrogens (tertiary/aromatic N) is 1. The Morgan fingerprint density at radius 2 is 2.15 bits per heavy atom. The molecule has 1 aliphatic heterocycles. The molecule has 1 heterocycles. The number of rotatable bonds is 3. The van der Waals surface area contributed by atoms with Crippen LogP contribution in [-0.4, -0.2) is 30.7 Å². The molecule has 2 N–H and O–H groups in total. The molecule has 0 spiro atoms. The van der Waals surface area contributed by atoms with Crippen molar-refractivity contribution in [3.8, 4) is 11.5 Å². The number of hydrogen-bond acceptors (Lipinski definition) is 4. The predicted octanol–water partition coefficient (Wildman–Crippen LogP) is 1.28. The number of nitrogens with two attached hydrogens (primary N) is 1. The van der Waals surface area contributed by atoms with Gasteiger partial charge in [-0.2, -0.15) is 0 Å². The molecule has 1 aromatic rings. The lowest BCUT2D eigenvalue weighted by Gasteiger charge is -2.21. The quantitative estimate of drug-likeness (QED) is 0.843. The van der Waals surface area contributed by atoms with E-state index < -0.39 is 0 Å². The molecule has 5 nitrogen and oxygen atoms in total. The van der Waals surface area contributed by atoms with Crippen LogP contribution < -0.4 is 15.2 Å². The van der Waals surface area contributed by atoms with Gasteiger partial charge >= 0.3 is 0 Å². The van der Waals surface area contributed by atoms with Gasteiger partial charge in [0.1, 0.15) is 0 Å². The lowest BCUT2D eigenvalue weighted by atomic mass is 10.1. The normalized spacial score (nSPS) is 23.1. The highest BCUT2D eigenvalue weighted by atomic mass is 16.7. The Hall–Kier alpha value is -2.01. The summed E-state index contributed by atoms with van der Waals surface area (Å²) in [6.07, 6.45) is 4.50. The van der Waals surface area contributed by atoms with Gasteiger partial charge in [-0.25, -0.2) is 0 Å². The highest BCUT2D eigenvalue weighted by molar-refractivity contribution is 5.81. The molecule has 0 radical (unpaired) electrons. The van der Waals surface area contributed by atoms with Crippen molar-refractivity contribution in [1.29, 1.82) is 0 Å². The van der Waals surface area contributed by atoms with Gasteiger partial charge in [0.05, 0.1) is 5.92 Å². The van der Waals surface area contributed by atoms with Crippen LogP contribution in [0.1, 0.15) is 12.0 Å². The minimum absolute atomic E-state index is 0.00268. The van der Waals surface area contributed by atoms with Gasteiger partial charge in [0.2, 0.25) is 12.7 Å². The van der Waals surface area contributed by atoms with Gasteiger partial charge in [0, 0.05) is 19.6 Å². The van der Waals surface area contributed by atoms with Crippen LogP contribution in [0, 0.1) is 5.92 Å². The molecule has 0 fully saturated rings. The fourth-order valence-electron chi connectivity index (χ4n) is 2.58. The minimum atomic E-state index is -0.0935. The molecular formula is C15H18N2O3. The average Bonchev–Trinajstić information content (AvgIpc) is 3.05. The van der Waals surface area contributed by atoms with Crippen molar-refractivity contribution in [2.75, 3.05) is 13.8 Å². The van der Waals surface area contributed by atoms with E-state index in [1.165, 1.54) is 0 Å².